The van der Waals surface area contributed by atoms with Crippen LogP contribution in [0.25, 0.3) is 0 Å². The molecule has 1 aliphatic rings. The molecule has 1 aromatic carbocycles. The molecule has 1 N–H and O–H groups in total. The second-order valence-corrected chi connectivity index (χ2v) is 6.30. The number of amides is 2. The molecule has 3 rings (SSSR count). The first-order valence-electron chi connectivity index (χ1n) is 5.90. The zero-order valence-corrected chi connectivity index (χ0v) is 12.7. The van der Waals surface area contributed by atoms with Crippen molar-refractivity contribution in [3.63, 3.8) is 0 Å². The number of aromatic amines is 1. The standard InChI is InChI=1S/C12H8Cl2N4O2S/c13-6-1-2-7(14)8(3-6)18-10(19)4-9(11(18)20)21-12-15-5-16-17-12/h1-3,5,9H,4H2,(H,15,16,17)/t9-/m0/s1. The van der Waals surface area contributed by atoms with Crippen molar-refractivity contribution in [3.05, 3.63) is 34.6 Å². The molecule has 21 heavy (non-hydrogen) atoms. The van der Waals surface area contributed by atoms with Crippen molar-refractivity contribution >= 4 is 52.5 Å². The molecule has 0 unspecified atom stereocenters. The fourth-order valence-corrected chi connectivity index (χ4v) is 3.28. The van der Waals surface area contributed by atoms with Gasteiger partial charge in [0.2, 0.25) is 11.8 Å². The zero-order valence-electron chi connectivity index (χ0n) is 10.4. The van der Waals surface area contributed by atoms with Crippen LogP contribution >= 0.6 is 35.0 Å². The molecule has 2 heterocycles. The van der Waals surface area contributed by atoms with Crippen molar-refractivity contribution in [2.45, 2.75) is 16.8 Å². The third-order valence-electron chi connectivity index (χ3n) is 2.90. The van der Waals surface area contributed by atoms with Gasteiger partial charge in [-0.1, -0.05) is 35.0 Å². The molecule has 1 fully saturated rings. The number of thioether (sulfide) groups is 1. The van der Waals surface area contributed by atoms with Gasteiger partial charge in [0.25, 0.3) is 0 Å². The first-order chi connectivity index (χ1) is 10.1. The molecule has 2 aromatic rings. The normalized spacial score (nSPS) is 18.6. The number of imide groups is 1. The van der Waals surface area contributed by atoms with E-state index in [2.05, 4.69) is 15.2 Å². The molecule has 0 aliphatic carbocycles. The lowest BCUT2D eigenvalue weighted by atomic mass is 10.3. The van der Waals surface area contributed by atoms with Gasteiger partial charge < -0.3 is 0 Å². The lowest BCUT2D eigenvalue weighted by Gasteiger charge is -2.16. The molecular formula is C12H8Cl2N4O2S. The largest absolute Gasteiger partial charge is 0.274 e. The minimum absolute atomic E-state index is 0.0764. The lowest BCUT2D eigenvalue weighted by Crippen LogP contribution is -2.31. The molecule has 108 valence electrons. The topological polar surface area (TPSA) is 79.0 Å². The number of carbonyl (C=O) groups is 2. The van der Waals surface area contributed by atoms with Gasteiger partial charge in [0, 0.05) is 11.4 Å². The summed E-state index contributed by atoms with van der Waals surface area (Å²) < 4.78 is 0. The molecule has 1 atom stereocenters. The maximum Gasteiger partial charge on any atom is 0.247 e. The quantitative estimate of drug-likeness (QED) is 0.867. The summed E-state index contributed by atoms with van der Waals surface area (Å²) in [6, 6.07) is 4.65. The first-order valence-corrected chi connectivity index (χ1v) is 7.53. The Hall–Kier alpha value is -1.57. The van der Waals surface area contributed by atoms with Crippen molar-refractivity contribution in [1.29, 1.82) is 0 Å². The van der Waals surface area contributed by atoms with Gasteiger partial charge in [-0.25, -0.2) is 9.88 Å². The highest BCUT2D eigenvalue weighted by Gasteiger charge is 2.41. The monoisotopic (exact) mass is 342 g/mol. The van der Waals surface area contributed by atoms with E-state index in [1.165, 1.54) is 12.4 Å². The van der Waals surface area contributed by atoms with Crippen LogP contribution in [0, 0.1) is 0 Å². The third kappa shape index (κ3) is 2.76. The third-order valence-corrected chi connectivity index (χ3v) is 4.53. The number of aromatic nitrogens is 3. The van der Waals surface area contributed by atoms with Crippen LogP contribution in [-0.2, 0) is 9.59 Å². The van der Waals surface area contributed by atoms with Crippen molar-refractivity contribution in [2.24, 2.45) is 0 Å². The summed E-state index contributed by atoms with van der Waals surface area (Å²) in [5.41, 5.74) is 0.305. The number of anilines is 1. The van der Waals surface area contributed by atoms with Crippen molar-refractivity contribution in [3.8, 4) is 0 Å². The summed E-state index contributed by atoms with van der Waals surface area (Å²) in [5.74, 6) is -0.660. The molecule has 6 nitrogen and oxygen atoms in total. The van der Waals surface area contributed by atoms with Gasteiger partial charge in [-0.15, -0.1) is 0 Å². The van der Waals surface area contributed by atoms with Crippen molar-refractivity contribution < 1.29 is 9.59 Å². The van der Waals surface area contributed by atoms with Gasteiger partial charge in [-0.2, -0.15) is 5.10 Å². The maximum absolute atomic E-state index is 12.4. The van der Waals surface area contributed by atoms with E-state index in [9.17, 15) is 9.59 Å². The van der Waals surface area contributed by atoms with Crippen LogP contribution < -0.4 is 4.90 Å². The molecule has 1 aromatic heterocycles. The molecule has 2 amide bonds. The summed E-state index contributed by atoms with van der Waals surface area (Å²) in [7, 11) is 0. The predicted octanol–water partition coefficient (Wildman–Crippen LogP) is 2.54. The molecule has 0 saturated carbocycles. The number of H-pyrrole nitrogens is 1. The van der Waals surface area contributed by atoms with E-state index in [0.717, 1.165) is 16.7 Å². The predicted molar refractivity (Wildman–Crippen MR) is 79.6 cm³/mol. The highest BCUT2D eigenvalue weighted by Crippen LogP contribution is 2.36. The van der Waals surface area contributed by atoms with Gasteiger partial charge in [0.05, 0.1) is 10.7 Å². The Balaban J connectivity index is 1.88. The first kappa shape index (κ1) is 14.4. The van der Waals surface area contributed by atoms with Gasteiger partial charge in [0.15, 0.2) is 5.16 Å². The average molecular weight is 343 g/mol. The van der Waals surface area contributed by atoms with Crippen molar-refractivity contribution in [2.75, 3.05) is 4.90 Å². The Kier molecular flexibility index (Phi) is 3.88. The van der Waals surface area contributed by atoms with Crippen LogP contribution in [0.4, 0.5) is 5.69 Å². The lowest BCUT2D eigenvalue weighted by molar-refractivity contribution is -0.121. The van der Waals surface area contributed by atoms with Crippen LogP contribution in [0.15, 0.2) is 29.7 Å². The smallest absolute Gasteiger partial charge is 0.247 e. The number of hydrogen-bond acceptors (Lipinski definition) is 5. The highest BCUT2D eigenvalue weighted by molar-refractivity contribution is 8.00. The molecule has 1 aliphatic heterocycles. The SMILES string of the molecule is O=C1C[C@H](Sc2ncn[nH]2)C(=O)N1c1cc(Cl)ccc1Cl. The van der Waals surface area contributed by atoms with Crippen LogP contribution in [-0.4, -0.2) is 32.2 Å². The van der Waals surface area contributed by atoms with Crippen LogP contribution in [0.3, 0.4) is 0 Å². The second-order valence-electron chi connectivity index (χ2n) is 4.26. The molecular weight excluding hydrogens is 335 g/mol. The van der Waals surface area contributed by atoms with Crippen LogP contribution in [0.5, 0.6) is 0 Å². The van der Waals surface area contributed by atoms with E-state index in [0.29, 0.717) is 20.9 Å². The van der Waals surface area contributed by atoms with Crippen LogP contribution in [0.2, 0.25) is 10.0 Å². The Morgan fingerprint density at radius 3 is 2.86 bits per heavy atom. The van der Waals surface area contributed by atoms with Crippen LogP contribution in [0.1, 0.15) is 6.42 Å². The van der Waals surface area contributed by atoms with E-state index < -0.39 is 5.25 Å². The van der Waals surface area contributed by atoms with E-state index in [1.54, 1.807) is 12.1 Å². The molecule has 1 saturated heterocycles. The Morgan fingerprint density at radius 1 is 1.33 bits per heavy atom. The number of halogens is 2. The second kappa shape index (κ2) is 5.67. The number of hydrogen-bond donors (Lipinski definition) is 1. The molecule has 0 radical (unpaired) electrons. The summed E-state index contributed by atoms with van der Waals surface area (Å²) in [5, 5.41) is 6.99. The Morgan fingerprint density at radius 2 is 2.14 bits per heavy atom. The van der Waals surface area contributed by atoms with Crippen molar-refractivity contribution in [1.82, 2.24) is 15.2 Å². The fourth-order valence-electron chi connectivity index (χ4n) is 1.99. The van der Waals surface area contributed by atoms with E-state index in [4.69, 9.17) is 23.2 Å². The number of nitrogens with zero attached hydrogens (tertiary/aromatic N) is 3. The average Bonchev–Trinajstić information content (AvgIpc) is 3.03. The fraction of sp³-hybridized carbons (Fsp3) is 0.167. The number of carbonyl (C=O) groups excluding carboxylic acids is 2. The molecule has 9 heteroatoms. The Labute approximate surface area is 133 Å². The minimum atomic E-state index is -0.555. The zero-order chi connectivity index (χ0) is 15.0. The summed E-state index contributed by atoms with van der Waals surface area (Å²) in [6.07, 6.45) is 1.42. The van der Waals surface area contributed by atoms with E-state index in [1.807, 2.05) is 0 Å². The summed E-state index contributed by atoms with van der Waals surface area (Å²) in [4.78, 5) is 29.6. The van der Waals surface area contributed by atoms with E-state index >= 15 is 0 Å². The van der Waals surface area contributed by atoms with E-state index in [-0.39, 0.29) is 18.2 Å². The highest BCUT2D eigenvalue weighted by atomic mass is 35.5. The van der Waals surface area contributed by atoms with Gasteiger partial charge in [-0.3, -0.25) is 14.7 Å². The molecule has 0 bridgehead atoms. The Bertz CT molecular complexity index is 707. The van der Waals surface area contributed by atoms with Gasteiger partial charge in [0.1, 0.15) is 11.6 Å². The molecule has 0 spiro atoms. The minimum Gasteiger partial charge on any atom is -0.274 e. The maximum atomic E-state index is 12.4. The summed E-state index contributed by atoms with van der Waals surface area (Å²) >= 11 is 13.1. The van der Waals surface area contributed by atoms with Gasteiger partial charge >= 0.3 is 0 Å². The summed E-state index contributed by atoms with van der Waals surface area (Å²) in [6.45, 7) is 0. The number of rotatable bonds is 3. The number of benzene rings is 1. The van der Waals surface area contributed by atoms with Gasteiger partial charge in [-0.05, 0) is 18.2 Å². The number of nitrogens with one attached hydrogen (secondary N) is 1.